The molecule has 0 aliphatic heterocycles. The third kappa shape index (κ3) is 1.41. The second kappa shape index (κ2) is 3.90. The van der Waals surface area contributed by atoms with Crippen LogP contribution in [-0.4, -0.2) is 14.4 Å². The Balaban J connectivity index is 0.000001000. The van der Waals surface area contributed by atoms with E-state index in [2.05, 4.69) is 9.97 Å². The zero-order valence-corrected chi connectivity index (χ0v) is 10.8. The number of imidazole rings is 1. The predicted octanol–water partition coefficient (Wildman–Crippen LogP) is 4.04. The van der Waals surface area contributed by atoms with Gasteiger partial charge in [0.05, 0.1) is 5.52 Å². The van der Waals surface area contributed by atoms with Crippen molar-refractivity contribution in [2.75, 3.05) is 0 Å². The molecule has 0 radical (unpaired) electrons. The highest BCUT2D eigenvalue weighted by Crippen LogP contribution is 2.27. The first-order chi connectivity index (χ1) is 8.33. The van der Waals surface area contributed by atoms with Crippen LogP contribution >= 0.6 is 24.0 Å². The van der Waals surface area contributed by atoms with Crippen molar-refractivity contribution in [2.24, 2.45) is 0 Å². The number of nitrogens with zero attached hydrogens (tertiary/aromatic N) is 2. The summed E-state index contributed by atoms with van der Waals surface area (Å²) in [6, 6.07) is 11.8. The molecule has 0 amide bonds. The van der Waals surface area contributed by atoms with E-state index in [-0.39, 0.29) is 12.4 Å². The molecular formula is C13H9Cl2N3. The van der Waals surface area contributed by atoms with Gasteiger partial charge < -0.3 is 4.98 Å². The van der Waals surface area contributed by atoms with Crippen LogP contribution in [0.15, 0.2) is 42.6 Å². The molecule has 4 aromatic rings. The zero-order chi connectivity index (χ0) is 11.4. The van der Waals surface area contributed by atoms with Crippen LogP contribution < -0.4 is 0 Å². The standard InChI is InChI=1S/C13H8ClN3.ClH/c14-8-4-5-9-10(7-8)15-13-12(9)16-11-3-1-2-6-17(11)13;/h1-7,15H;1H. The summed E-state index contributed by atoms with van der Waals surface area (Å²) in [7, 11) is 0. The quantitative estimate of drug-likeness (QED) is 0.517. The molecule has 0 atom stereocenters. The molecule has 1 aromatic carbocycles. The molecule has 0 unspecified atom stereocenters. The van der Waals surface area contributed by atoms with Crippen LogP contribution in [0.5, 0.6) is 0 Å². The third-order valence-corrected chi connectivity index (χ3v) is 3.25. The van der Waals surface area contributed by atoms with Gasteiger partial charge in [-0.15, -0.1) is 12.4 Å². The Morgan fingerprint density at radius 2 is 2.06 bits per heavy atom. The summed E-state index contributed by atoms with van der Waals surface area (Å²) in [5, 5.41) is 1.84. The van der Waals surface area contributed by atoms with Crippen molar-refractivity contribution >= 4 is 51.7 Å². The molecular weight excluding hydrogens is 269 g/mol. The Bertz CT molecular complexity index is 860. The van der Waals surface area contributed by atoms with Crippen molar-refractivity contribution < 1.29 is 0 Å². The summed E-state index contributed by atoms with van der Waals surface area (Å²) >= 11 is 5.98. The molecule has 1 N–H and O–H groups in total. The van der Waals surface area contributed by atoms with Gasteiger partial charge >= 0.3 is 0 Å². The molecule has 0 saturated carbocycles. The van der Waals surface area contributed by atoms with E-state index in [1.165, 1.54) is 0 Å². The van der Waals surface area contributed by atoms with Crippen LogP contribution in [0.4, 0.5) is 0 Å². The van der Waals surface area contributed by atoms with Crippen molar-refractivity contribution in [1.82, 2.24) is 14.4 Å². The molecule has 5 heteroatoms. The smallest absolute Gasteiger partial charge is 0.143 e. The van der Waals surface area contributed by atoms with Crippen molar-refractivity contribution in [3.8, 4) is 0 Å². The van der Waals surface area contributed by atoms with Gasteiger partial charge in [-0.25, -0.2) is 4.98 Å². The fourth-order valence-corrected chi connectivity index (χ4v) is 2.43. The van der Waals surface area contributed by atoms with Crippen LogP contribution in [0.25, 0.3) is 27.7 Å². The number of nitrogens with one attached hydrogen (secondary N) is 1. The molecule has 3 heterocycles. The van der Waals surface area contributed by atoms with Crippen molar-refractivity contribution in [2.45, 2.75) is 0 Å². The average Bonchev–Trinajstić information content (AvgIpc) is 2.84. The highest BCUT2D eigenvalue weighted by molar-refractivity contribution is 6.31. The monoisotopic (exact) mass is 277 g/mol. The lowest BCUT2D eigenvalue weighted by molar-refractivity contribution is 1.20. The fraction of sp³-hybridized carbons (Fsp3) is 0. The Labute approximate surface area is 114 Å². The third-order valence-electron chi connectivity index (χ3n) is 3.02. The zero-order valence-electron chi connectivity index (χ0n) is 9.22. The first-order valence-corrected chi connectivity index (χ1v) is 5.75. The second-order valence-electron chi connectivity index (χ2n) is 4.05. The average molecular weight is 278 g/mol. The number of pyridine rings is 1. The SMILES string of the molecule is Cl.Clc1ccc2c(c1)[nH]c1c2nc2ccccn21. The minimum absolute atomic E-state index is 0. The molecule has 90 valence electrons. The lowest BCUT2D eigenvalue weighted by Gasteiger charge is -1.92. The Morgan fingerprint density at radius 3 is 2.94 bits per heavy atom. The van der Waals surface area contributed by atoms with Gasteiger partial charge in [-0.05, 0) is 30.3 Å². The highest BCUT2D eigenvalue weighted by Gasteiger charge is 2.10. The van der Waals surface area contributed by atoms with Gasteiger partial charge in [0.1, 0.15) is 16.8 Å². The van der Waals surface area contributed by atoms with Crippen molar-refractivity contribution in [3.63, 3.8) is 0 Å². The number of aromatic nitrogens is 3. The first-order valence-electron chi connectivity index (χ1n) is 5.37. The largest absolute Gasteiger partial charge is 0.339 e. The Kier molecular flexibility index (Phi) is 2.47. The topological polar surface area (TPSA) is 33.1 Å². The molecule has 0 spiro atoms. The van der Waals surface area contributed by atoms with Crippen LogP contribution in [0, 0.1) is 0 Å². The molecule has 4 rings (SSSR count). The van der Waals surface area contributed by atoms with Gasteiger partial charge in [0.15, 0.2) is 0 Å². The summed E-state index contributed by atoms with van der Waals surface area (Å²) in [6.45, 7) is 0. The van der Waals surface area contributed by atoms with Gasteiger partial charge in [-0.1, -0.05) is 17.7 Å². The van der Waals surface area contributed by atoms with E-state index >= 15 is 0 Å². The van der Waals surface area contributed by atoms with E-state index in [0.717, 1.165) is 32.7 Å². The summed E-state index contributed by atoms with van der Waals surface area (Å²) in [6.07, 6.45) is 2.00. The molecule has 18 heavy (non-hydrogen) atoms. The van der Waals surface area contributed by atoms with Crippen LogP contribution in [0.1, 0.15) is 0 Å². The van der Waals surface area contributed by atoms with E-state index in [0.29, 0.717) is 0 Å². The van der Waals surface area contributed by atoms with Gasteiger partial charge in [-0.3, -0.25) is 4.40 Å². The molecule has 0 fully saturated rings. The Hall–Kier alpha value is -1.71. The molecule has 0 bridgehead atoms. The minimum Gasteiger partial charge on any atom is -0.339 e. The van der Waals surface area contributed by atoms with Crippen LogP contribution in [-0.2, 0) is 0 Å². The minimum atomic E-state index is 0. The maximum Gasteiger partial charge on any atom is 0.143 e. The Morgan fingerprint density at radius 1 is 1.17 bits per heavy atom. The van der Waals surface area contributed by atoms with E-state index in [9.17, 15) is 0 Å². The summed E-state index contributed by atoms with van der Waals surface area (Å²) in [4.78, 5) is 7.98. The summed E-state index contributed by atoms with van der Waals surface area (Å²) in [5.74, 6) is 0. The lowest BCUT2D eigenvalue weighted by atomic mass is 10.2. The number of H-pyrrole nitrogens is 1. The van der Waals surface area contributed by atoms with Gasteiger partial charge in [0.2, 0.25) is 0 Å². The molecule has 3 aromatic heterocycles. The van der Waals surface area contributed by atoms with Crippen LogP contribution in [0.3, 0.4) is 0 Å². The number of aromatic amines is 1. The van der Waals surface area contributed by atoms with Gasteiger partial charge in [-0.2, -0.15) is 0 Å². The van der Waals surface area contributed by atoms with Crippen molar-refractivity contribution in [1.29, 1.82) is 0 Å². The van der Waals surface area contributed by atoms with Gasteiger partial charge in [0.25, 0.3) is 0 Å². The molecule has 3 nitrogen and oxygen atoms in total. The number of halogens is 2. The number of rotatable bonds is 0. The first kappa shape index (κ1) is 11.4. The van der Waals surface area contributed by atoms with E-state index < -0.39 is 0 Å². The number of benzene rings is 1. The van der Waals surface area contributed by atoms with Crippen LogP contribution in [0.2, 0.25) is 5.02 Å². The fourth-order valence-electron chi connectivity index (χ4n) is 2.26. The maximum absolute atomic E-state index is 5.98. The van der Waals surface area contributed by atoms with E-state index in [4.69, 9.17) is 11.6 Å². The normalized spacial score (nSPS) is 11.2. The summed E-state index contributed by atoms with van der Waals surface area (Å²) in [5.41, 5.74) is 3.97. The summed E-state index contributed by atoms with van der Waals surface area (Å²) < 4.78 is 2.04. The molecule has 0 aliphatic carbocycles. The van der Waals surface area contributed by atoms with Crippen molar-refractivity contribution in [3.05, 3.63) is 47.6 Å². The number of fused-ring (bicyclic) bond motifs is 5. The van der Waals surface area contributed by atoms with E-state index in [1.54, 1.807) is 0 Å². The predicted molar refractivity (Wildman–Crippen MR) is 76.8 cm³/mol. The van der Waals surface area contributed by atoms with E-state index in [1.807, 2.05) is 47.0 Å². The van der Waals surface area contributed by atoms with Gasteiger partial charge in [0, 0.05) is 16.6 Å². The number of hydrogen-bond acceptors (Lipinski definition) is 1. The second-order valence-corrected chi connectivity index (χ2v) is 4.49. The highest BCUT2D eigenvalue weighted by atomic mass is 35.5. The maximum atomic E-state index is 5.98. The lowest BCUT2D eigenvalue weighted by Crippen LogP contribution is -1.82. The molecule has 0 aliphatic rings. The molecule has 0 saturated heterocycles. The number of hydrogen-bond donors (Lipinski definition) is 1.